The summed E-state index contributed by atoms with van der Waals surface area (Å²) in [7, 11) is 3.17. The molecule has 1 aromatic heterocycles. The van der Waals surface area contributed by atoms with Gasteiger partial charge in [-0.3, -0.25) is 4.79 Å². The summed E-state index contributed by atoms with van der Waals surface area (Å²) in [5.41, 5.74) is 4.34. The Labute approximate surface area is 164 Å². The average molecular weight is 380 g/mol. The molecule has 2 aromatic carbocycles. The molecule has 0 saturated heterocycles. The number of rotatable bonds is 7. The van der Waals surface area contributed by atoms with Gasteiger partial charge in [0.05, 0.1) is 32.0 Å². The lowest BCUT2D eigenvalue weighted by Crippen LogP contribution is -2.10. The minimum atomic E-state index is -0.316. The third-order valence-electron chi connectivity index (χ3n) is 4.64. The minimum absolute atomic E-state index is 0.115. The molecule has 0 radical (unpaired) electrons. The monoisotopic (exact) mass is 380 g/mol. The van der Waals surface area contributed by atoms with Gasteiger partial charge in [-0.1, -0.05) is 18.2 Å². The highest BCUT2D eigenvalue weighted by molar-refractivity contribution is 5.73. The molecule has 0 spiro atoms. The number of nitrogens with zero attached hydrogens (tertiary/aromatic N) is 2. The Kier molecular flexibility index (Phi) is 5.99. The van der Waals surface area contributed by atoms with E-state index in [1.807, 2.05) is 48.9 Å². The van der Waals surface area contributed by atoms with Crippen molar-refractivity contribution in [3.63, 3.8) is 0 Å². The van der Waals surface area contributed by atoms with Crippen molar-refractivity contribution in [2.45, 2.75) is 26.9 Å². The molecule has 3 rings (SSSR count). The van der Waals surface area contributed by atoms with Gasteiger partial charge in [-0.05, 0) is 44.2 Å². The number of ether oxygens (including phenoxy) is 3. The highest BCUT2D eigenvalue weighted by Crippen LogP contribution is 2.25. The molecule has 6 nitrogen and oxygen atoms in total. The SMILES string of the molecule is COc1ccc(OC)c(COC(=O)Cc2c(C)nn(-c3ccccc3)c2C)c1. The maximum atomic E-state index is 12.5. The lowest BCUT2D eigenvalue weighted by atomic mass is 10.1. The van der Waals surface area contributed by atoms with Crippen LogP contribution in [0.1, 0.15) is 22.5 Å². The summed E-state index contributed by atoms with van der Waals surface area (Å²) < 4.78 is 17.9. The summed E-state index contributed by atoms with van der Waals surface area (Å²) in [5.74, 6) is 1.02. The number of hydrogen-bond donors (Lipinski definition) is 0. The second-order valence-corrected chi connectivity index (χ2v) is 6.41. The van der Waals surface area contributed by atoms with Crippen molar-refractivity contribution in [1.29, 1.82) is 0 Å². The second kappa shape index (κ2) is 8.61. The summed E-state index contributed by atoms with van der Waals surface area (Å²) in [5, 5.41) is 4.57. The topological polar surface area (TPSA) is 62.6 Å². The predicted octanol–water partition coefficient (Wildman–Crippen LogP) is 3.79. The normalized spacial score (nSPS) is 10.6. The van der Waals surface area contributed by atoms with Crippen molar-refractivity contribution in [3.8, 4) is 17.2 Å². The van der Waals surface area contributed by atoms with Gasteiger partial charge in [-0.15, -0.1) is 0 Å². The zero-order valence-corrected chi connectivity index (χ0v) is 16.6. The number of aromatic nitrogens is 2. The first-order valence-electron chi connectivity index (χ1n) is 9.00. The Bertz CT molecular complexity index is 964. The van der Waals surface area contributed by atoms with E-state index >= 15 is 0 Å². The van der Waals surface area contributed by atoms with Crippen LogP contribution in [-0.4, -0.2) is 30.0 Å². The maximum absolute atomic E-state index is 12.5. The molecule has 6 heteroatoms. The molecule has 0 unspecified atom stereocenters. The van der Waals surface area contributed by atoms with Crippen molar-refractivity contribution >= 4 is 5.97 Å². The summed E-state index contributed by atoms with van der Waals surface area (Å²) in [4.78, 5) is 12.5. The fourth-order valence-electron chi connectivity index (χ4n) is 3.10. The molecule has 0 fully saturated rings. The second-order valence-electron chi connectivity index (χ2n) is 6.41. The van der Waals surface area contributed by atoms with Crippen LogP contribution in [0.5, 0.6) is 11.5 Å². The van der Waals surface area contributed by atoms with Crippen LogP contribution in [0.15, 0.2) is 48.5 Å². The van der Waals surface area contributed by atoms with Crippen LogP contribution in [0, 0.1) is 13.8 Å². The van der Waals surface area contributed by atoms with Gasteiger partial charge in [0.25, 0.3) is 0 Å². The first-order chi connectivity index (χ1) is 13.5. The number of methoxy groups -OCH3 is 2. The van der Waals surface area contributed by atoms with Gasteiger partial charge in [-0.2, -0.15) is 5.10 Å². The molecule has 0 aliphatic carbocycles. The largest absolute Gasteiger partial charge is 0.497 e. The van der Waals surface area contributed by atoms with Crippen LogP contribution in [0.2, 0.25) is 0 Å². The van der Waals surface area contributed by atoms with E-state index in [9.17, 15) is 4.79 Å². The summed E-state index contributed by atoms with van der Waals surface area (Å²) >= 11 is 0. The number of para-hydroxylation sites is 1. The van der Waals surface area contributed by atoms with Crippen molar-refractivity contribution in [3.05, 3.63) is 71.0 Å². The van der Waals surface area contributed by atoms with Crippen LogP contribution >= 0.6 is 0 Å². The molecule has 0 N–H and O–H groups in total. The molecule has 0 atom stereocenters. The van der Waals surface area contributed by atoms with E-state index in [1.165, 1.54) is 0 Å². The Morgan fingerprint density at radius 1 is 1.04 bits per heavy atom. The standard InChI is InChI=1S/C22H24N2O4/c1-15-20(16(2)24(23-15)18-8-6-5-7-9-18)13-22(25)28-14-17-12-19(26-3)10-11-21(17)27-4/h5-12H,13-14H2,1-4H3. The zero-order chi connectivity index (χ0) is 20.1. The first-order valence-corrected chi connectivity index (χ1v) is 9.00. The number of aryl methyl sites for hydroxylation is 1. The van der Waals surface area contributed by atoms with Crippen molar-refractivity contribution in [2.24, 2.45) is 0 Å². The Balaban J connectivity index is 1.72. The summed E-state index contributed by atoms with van der Waals surface area (Å²) in [6, 6.07) is 15.2. The van der Waals surface area contributed by atoms with E-state index in [-0.39, 0.29) is 19.0 Å². The van der Waals surface area contributed by atoms with Gasteiger partial charge in [0.2, 0.25) is 0 Å². The lowest BCUT2D eigenvalue weighted by molar-refractivity contribution is -0.144. The third-order valence-corrected chi connectivity index (χ3v) is 4.64. The number of esters is 1. The van der Waals surface area contributed by atoms with E-state index in [0.717, 1.165) is 28.2 Å². The van der Waals surface area contributed by atoms with Crippen LogP contribution in [0.25, 0.3) is 5.69 Å². The minimum Gasteiger partial charge on any atom is -0.497 e. The van der Waals surface area contributed by atoms with Gasteiger partial charge in [0, 0.05) is 16.8 Å². The molecule has 0 bridgehead atoms. The van der Waals surface area contributed by atoms with Crippen LogP contribution in [-0.2, 0) is 22.6 Å². The number of hydrogen-bond acceptors (Lipinski definition) is 5. The number of carbonyl (C=O) groups is 1. The van der Waals surface area contributed by atoms with Gasteiger partial charge < -0.3 is 14.2 Å². The first kappa shape index (κ1) is 19.5. The molecular weight excluding hydrogens is 356 g/mol. The van der Waals surface area contributed by atoms with Crippen LogP contribution in [0.3, 0.4) is 0 Å². The molecule has 1 heterocycles. The molecule has 0 aliphatic rings. The highest BCUT2D eigenvalue weighted by atomic mass is 16.5. The van der Waals surface area contributed by atoms with E-state index < -0.39 is 0 Å². The van der Waals surface area contributed by atoms with Gasteiger partial charge in [0.1, 0.15) is 18.1 Å². The van der Waals surface area contributed by atoms with E-state index in [2.05, 4.69) is 5.10 Å². The molecule has 28 heavy (non-hydrogen) atoms. The maximum Gasteiger partial charge on any atom is 0.310 e. The Morgan fingerprint density at radius 3 is 2.46 bits per heavy atom. The van der Waals surface area contributed by atoms with Crippen LogP contribution in [0.4, 0.5) is 0 Å². The van der Waals surface area contributed by atoms with Gasteiger partial charge >= 0.3 is 5.97 Å². The summed E-state index contributed by atoms with van der Waals surface area (Å²) in [6.07, 6.45) is 0.163. The third kappa shape index (κ3) is 4.17. The fourth-order valence-corrected chi connectivity index (χ4v) is 3.10. The smallest absolute Gasteiger partial charge is 0.310 e. The quantitative estimate of drug-likeness (QED) is 0.584. The van der Waals surface area contributed by atoms with Gasteiger partial charge in [0.15, 0.2) is 0 Å². The number of carbonyl (C=O) groups excluding carboxylic acids is 1. The lowest BCUT2D eigenvalue weighted by Gasteiger charge is -2.11. The van der Waals surface area contributed by atoms with E-state index in [0.29, 0.717) is 11.5 Å². The van der Waals surface area contributed by atoms with E-state index in [4.69, 9.17) is 14.2 Å². The van der Waals surface area contributed by atoms with Crippen molar-refractivity contribution in [1.82, 2.24) is 9.78 Å². The number of benzene rings is 2. The molecule has 146 valence electrons. The summed E-state index contributed by atoms with van der Waals surface area (Å²) in [6.45, 7) is 3.98. The molecule has 0 aliphatic heterocycles. The molecule has 3 aromatic rings. The highest BCUT2D eigenvalue weighted by Gasteiger charge is 2.17. The fraction of sp³-hybridized carbons (Fsp3) is 0.273. The van der Waals surface area contributed by atoms with Crippen LogP contribution < -0.4 is 9.47 Å². The Morgan fingerprint density at radius 2 is 1.79 bits per heavy atom. The zero-order valence-electron chi connectivity index (χ0n) is 16.6. The Hall–Kier alpha value is -3.28. The van der Waals surface area contributed by atoms with Gasteiger partial charge in [-0.25, -0.2) is 4.68 Å². The predicted molar refractivity (Wildman–Crippen MR) is 106 cm³/mol. The van der Waals surface area contributed by atoms with Crippen molar-refractivity contribution < 1.29 is 19.0 Å². The van der Waals surface area contributed by atoms with E-state index in [1.54, 1.807) is 32.4 Å². The molecular formula is C22H24N2O4. The molecule has 0 saturated carbocycles. The molecule has 0 amide bonds. The average Bonchev–Trinajstić information content (AvgIpc) is 3.00. The van der Waals surface area contributed by atoms with Crippen molar-refractivity contribution in [2.75, 3.05) is 14.2 Å².